The zero-order valence-electron chi connectivity index (χ0n) is 11.8. The van der Waals surface area contributed by atoms with E-state index in [0.717, 1.165) is 24.4 Å². The largest absolute Gasteiger partial charge is 0.316 e. The van der Waals surface area contributed by atoms with E-state index < -0.39 is 0 Å². The number of nitrogens with zero attached hydrogens (tertiary/aromatic N) is 1. The lowest BCUT2D eigenvalue weighted by Gasteiger charge is -2.06. The van der Waals surface area contributed by atoms with Crippen LogP contribution in [0, 0.1) is 12.8 Å². The van der Waals surface area contributed by atoms with Crippen molar-refractivity contribution in [3.63, 3.8) is 0 Å². The standard InChI is InChI=1S/C15H17N3OS.ClH/c1-10-4-2-3-5-12(10)13-9-17-15(20-13)18-14(19)11-6-7-16-8-11;/h2-5,9,11,16H,6-8H2,1H3,(H,17,18,19);1H. The summed E-state index contributed by atoms with van der Waals surface area (Å²) in [6.07, 6.45) is 2.73. The maximum atomic E-state index is 12.0. The van der Waals surface area contributed by atoms with Crippen LogP contribution in [0.3, 0.4) is 0 Å². The fourth-order valence-electron chi connectivity index (χ4n) is 2.39. The molecule has 0 bridgehead atoms. The smallest absolute Gasteiger partial charge is 0.230 e. The van der Waals surface area contributed by atoms with Gasteiger partial charge in [0.2, 0.25) is 5.91 Å². The molecule has 1 aromatic carbocycles. The lowest BCUT2D eigenvalue weighted by molar-refractivity contribution is -0.119. The van der Waals surface area contributed by atoms with Crippen molar-refractivity contribution in [2.24, 2.45) is 5.92 Å². The number of hydrogen-bond acceptors (Lipinski definition) is 4. The zero-order valence-corrected chi connectivity index (χ0v) is 13.4. The van der Waals surface area contributed by atoms with E-state index in [0.29, 0.717) is 5.13 Å². The van der Waals surface area contributed by atoms with Gasteiger partial charge in [-0.1, -0.05) is 35.6 Å². The number of halogens is 1. The summed E-state index contributed by atoms with van der Waals surface area (Å²) in [5.41, 5.74) is 2.39. The van der Waals surface area contributed by atoms with Gasteiger partial charge >= 0.3 is 0 Å². The Kier molecular flexibility index (Phi) is 5.33. The molecule has 2 heterocycles. The first-order valence-electron chi connectivity index (χ1n) is 6.77. The Bertz CT molecular complexity index is 623. The van der Waals surface area contributed by atoms with Gasteiger partial charge in [-0.15, -0.1) is 12.4 Å². The first-order chi connectivity index (χ1) is 9.74. The highest BCUT2D eigenvalue weighted by molar-refractivity contribution is 7.19. The molecule has 1 amide bonds. The van der Waals surface area contributed by atoms with Crippen molar-refractivity contribution >= 4 is 34.8 Å². The maximum Gasteiger partial charge on any atom is 0.230 e. The molecular formula is C15H18ClN3OS. The van der Waals surface area contributed by atoms with E-state index in [1.54, 1.807) is 0 Å². The fraction of sp³-hybridized carbons (Fsp3) is 0.333. The van der Waals surface area contributed by atoms with E-state index in [9.17, 15) is 4.79 Å². The van der Waals surface area contributed by atoms with Crippen molar-refractivity contribution in [1.29, 1.82) is 0 Å². The molecule has 3 rings (SSSR count). The van der Waals surface area contributed by atoms with E-state index in [2.05, 4.69) is 34.7 Å². The van der Waals surface area contributed by atoms with Crippen LogP contribution in [0.15, 0.2) is 30.5 Å². The van der Waals surface area contributed by atoms with Crippen molar-refractivity contribution in [3.8, 4) is 10.4 Å². The second-order valence-corrected chi connectivity index (χ2v) is 6.05. The summed E-state index contributed by atoms with van der Waals surface area (Å²) < 4.78 is 0. The summed E-state index contributed by atoms with van der Waals surface area (Å²) in [6.45, 7) is 3.77. The number of aryl methyl sites for hydroxylation is 1. The maximum absolute atomic E-state index is 12.0. The van der Waals surface area contributed by atoms with Gasteiger partial charge in [0.1, 0.15) is 0 Å². The van der Waals surface area contributed by atoms with Crippen molar-refractivity contribution in [2.45, 2.75) is 13.3 Å². The highest BCUT2D eigenvalue weighted by Crippen LogP contribution is 2.31. The first kappa shape index (κ1) is 15.9. The van der Waals surface area contributed by atoms with E-state index in [4.69, 9.17) is 0 Å². The minimum Gasteiger partial charge on any atom is -0.316 e. The number of nitrogens with one attached hydrogen (secondary N) is 2. The average Bonchev–Trinajstić information content (AvgIpc) is 3.10. The van der Waals surface area contributed by atoms with Gasteiger partial charge in [-0.25, -0.2) is 4.98 Å². The van der Waals surface area contributed by atoms with Gasteiger partial charge in [0.15, 0.2) is 5.13 Å². The van der Waals surface area contributed by atoms with Gasteiger partial charge in [-0.3, -0.25) is 4.79 Å². The molecular weight excluding hydrogens is 306 g/mol. The quantitative estimate of drug-likeness (QED) is 0.912. The molecule has 2 aromatic rings. The Morgan fingerprint density at radius 3 is 2.95 bits per heavy atom. The van der Waals surface area contributed by atoms with Crippen LogP contribution in [-0.2, 0) is 4.79 Å². The van der Waals surface area contributed by atoms with Crippen LogP contribution >= 0.6 is 23.7 Å². The lowest BCUT2D eigenvalue weighted by Crippen LogP contribution is -2.24. The summed E-state index contributed by atoms with van der Waals surface area (Å²) >= 11 is 1.52. The number of benzene rings is 1. The Morgan fingerprint density at radius 2 is 2.24 bits per heavy atom. The zero-order chi connectivity index (χ0) is 13.9. The summed E-state index contributed by atoms with van der Waals surface area (Å²) in [4.78, 5) is 17.4. The second kappa shape index (κ2) is 7.02. The predicted octanol–water partition coefficient (Wildman–Crippen LogP) is 3.09. The molecule has 0 radical (unpaired) electrons. The molecule has 0 aliphatic carbocycles. The third-order valence-corrected chi connectivity index (χ3v) is 4.52. The van der Waals surface area contributed by atoms with Crippen molar-refractivity contribution in [1.82, 2.24) is 10.3 Å². The number of anilines is 1. The lowest BCUT2D eigenvalue weighted by atomic mass is 10.1. The topological polar surface area (TPSA) is 54.0 Å². The Balaban J connectivity index is 0.00000161. The highest BCUT2D eigenvalue weighted by atomic mass is 35.5. The molecule has 6 heteroatoms. The number of amides is 1. The van der Waals surface area contributed by atoms with Gasteiger partial charge in [-0.2, -0.15) is 0 Å². The Hall–Kier alpha value is -1.43. The van der Waals surface area contributed by atoms with Gasteiger partial charge in [0.25, 0.3) is 0 Å². The molecule has 2 N–H and O–H groups in total. The first-order valence-corrected chi connectivity index (χ1v) is 7.59. The number of hydrogen-bond donors (Lipinski definition) is 2. The van der Waals surface area contributed by atoms with Gasteiger partial charge in [0.05, 0.1) is 10.8 Å². The van der Waals surface area contributed by atoms with Crippen molar-refractivity contribution in [3.05, 3.63) is 36.0 Å². The number of rotatable bonds is 3. The minimum atomic E-state index is 0. The molecule has 1 fully saturated rings. The summed E-state index contributed by atoms with van der Waals surface area (Å²) in [7, 11) is 0. The van der Waals surface area contributed by atoms with Crippen LogP contribution in [0.2, 0.25) is 0 Å². The number of aromatic nitrogens is 1. The molecule has 21 heavy (non-hydrogen) atoms. The molecule has 112 valence electrons. The molecule has 4 nitrogen and oxygen atoms in total. The predicted molar refractivity (Wildman–Crippen MR) is 89.1 cm³/mol. The van der Waals surface area contributed by atoms with Gasteiger partial charge < -0.3 is 10.6 Å². The van der Waals surface area contributed by atoms with Crippen LogP contribution in [0.4, 0.5) is 5.13 Å². The molecule has 1 aromatic heterocycles. The highest BCUT2D eigenvalue weighted by Gasteiger charge is 2.23. The molecule has 0 spiro atoms. The summed E-state index contributed by atoms with van der Waals surface area (Å²) in [5.74, 6) is 0.140. The van der Waals surface area contributed by atoms with Crippen LogP contribution < -0.4 is 10.6 Å². The third-order valence-electron chi connectivity index (χ3n) is 3.58. The fourth-order valence-corrected chi connectivity index (χ4v) is 3.30. The molecule has 1 aliphatic heterocycles. The van der Waals surface area contributed by atoms with Gasteiger partial charge in [0, 0.05) is 12.7 Å². The van der Waals surface area contributed by atoms with E-state index >= 15 is 0 Å². The van der Waals surface area contributed by atoms with Crippen LogP contribution in [0.25, 0.3) is 10.4 Å². The molecule has 0 saturated carbocycles. The van der Waals surface area contributed by atoms with E-state index in [1.165, 1.54) is 22.5 Å². The number of thiazole rings is 1. The molecule has 1 unspecified atom stereocenters. The van der Waals surface area contributed by atoms with Gasteiger partial charge in [-0.05, 0) is 31.0 Å². The van der Waals surface area contributed by atoms with Crippen molar-refractivity contribution < 1.29 is 4.79 Å². The molecule has 1 aliphatic rings. The Labute approximate surface area is 134 Å². The SMILES string of the molecule is Cc1ccccc1-c1cnc(NC(=O)C2CCNC2)s1.Cl. The van der Waals surface area contributed by atoms with Crippen molar-refractivity contribution in [2.75, 3.05) is 18.4 Å². The summed E-state index contributed by atoms with van der Waals surface area (Å²) in [5, 5.41) is 6.80. The van der Waals surface area contributed by atoms with Crippen LogP contribution in [-0.4, -0.2) is 24.0 Å². The Morgan fingerprint density at radius 1 is 1.43 bits per heavy atom. The van der Waals surface area contributed by atoms with E-state index in [-0.39, 0.29) is 24.2 Å². The second-order valence-electron chi connectivity index (χ2n) is 5.02. The van der Waals surface area contributed by atoms with E-state index in [1.807, 2.05) is 18.3 Å². The third kappa shape index (κ3) is 3.61. The average molecular weight is 324 g/mol. The minimum absolute atomic E-state index is 0. The molecule has 1 atom stereocenters. The monoisotopic (exact) mass is 323 g/mol. The number of carbonyl (C=O) groups is 1. The molecule has 1 saturated heterocycles. The van der Waals surface area contributed by atoms with Crippen LogP contribution in [0.1, 0.15) is 12.0 Å². The normalized spacial score (nSPS) is 17.3. The number of carbonyl (C=O) groups excluding carboxylic acids is 1. The van der Waals surface area contributed by atoms with Crippen LogP contribution in [0.5, 0.6) is 0 Å². The summed E-state index contributed by atoms with van der Waals surface area (Å²) in [6, 6.07) is 8.20.